The van der Waals surface area contributed by atoms with E-state index in [2.05, 4.69) is 15.3 Å². The maximum absolute atomic E-state index is 14.7. The summed E-state index contributed by atoms with van der Waals surface area (Å²) in [5, 5.41) is 27.1. The standard InChI is InChI=1S/C23H25BClFN4O3S/c1-14-12-22(20(31)32,13-15-4-2-7-18(28-15)29-21-27-9-11-34-21)8-10-30(14)23(24,33)16-5-3-6-17(25)19(16)26/h2-7,9,11,14,33H,8,10,12-13,24H2,1H3,(H,31,32)(H,27,28,29). The number of halogens is 2. The van der Waals surface area contributed by atoms with Crippen LogP contribution in [0.2, 0.25) is 5.02 Å². The molecule has 34 heavy (non-hydrogen) atoms. The minimum atomic E-state index is -1.64. The van der Waals surface area contributed by atoms with Crippen LogP contribution in [0.25, 0.3) is 0 Å². The van der Waals surface area contributed by atoms with Crippen molar-refractivity contribution in [2.45, 2.75) is 37.9 Å². The fourth-order valence-electron chi connectivity index (χ4n) is 4.82. The summed E-state index contributed by atoms with van der Waals surface area (Å²) in [6.07, 6.45) is 2.47. The summed E-state index contributed by atoms with van der Waals surface area (Å²) in [6, 6.07) is 9.62. The van der Waals surface area contributed by atoms with Crippen molar-refractivity contribution in [3.8, 4) is 0 Å². The van der Waals surface area contributed by atoms with E-state index in [1.807, 2.05) is 24.4 Å². The van der Waals surface area contributed by atoms with Crippen LogP contribution in [0.1, 0.15) is 31.0 Å². The fraction of sp³-hybridized carbons (Fsp3) is 0.348. The lowest BCUT2D eigenvalue weighted by atomic mass is 9.70. The van der Waals surface area contributed by atoms with Crippen molar-refractivity contribution in [1.82, 2.24) is 14.9 Å². The molecular formula is C23H25BClFN4O3S. The molecule has 1 aromatic carbocycles. The number of piperidine rings is 1. The van der Waals surface area contributed by atoms with Crippen LogP contribution in [0.3, 0.4) is 0 Å². The highest BCUT2D eigenvalue weighted by Crippen LogP contribution is 2.42. The van der Waals surface area contributed by atoms with Gasteiger partial charge in [-0.25, -0.2) is 14.4 Å². The van der Waals surface area contributed by atoms with Crippen molar-refractivity contribution in [2.75, 3.05) is 11.9 Å². The number of carboxylic acid groups (broad SMARTS) is 1. The Morgan fingerprint density at radius 2 is 2.18 bits per heavy atom. The van der Waals surface area contributed by atoms with Crippen molar-refractivity contribution >= 4 is 47.7 Å². The molecule has 1 aliphatic rings. The first-order chi connectivity index (χ1) is 16.1. The highest BCUT2D eigenvalue weighted by molar-refractivity contribution is 7.13. The van der Waals surface area contributed by atoms with Crippen LogP contribution in [-0.2, 0) is 16.8 Å². The Bertz CT molecular complexity index is 1180. The first kappa shape index (κ1) is 24.6. The van der Waals surface area contributed by atoms with Gasteiger partial charge in [-0.05, 0) is 38.0 Å². The van der Waals surface area contributed by atoms with Gasteiger partial charge in [-0.2, -0.15) is 0 Å². The van der Waals surface area contributed by atoms with Gasteiger partial charge in [-0.15, -0.1) is 11.3 Å². The number of nitrogens with zero attached hydrogens (tertiary/aromatic N) is 3. The third kappa shape index (κ3) is 4.81. The van der Waals surface area contributed by atoms with E-state index in [1.165, 1.54) is 31.3 Å². The number of nitrogens with one attached hydrogen (secondary N) is 1. The number of likely N-dealkylation sites (tertiary alicyclic amines) is 1. The number of hydrogen-bond donors (Lipinski definition) is 3. The van der Waals surface area contributed by atoms with Crippen molar-refractivity contribution in [1.29, 1.82) is 0 Å². The minimum Gasteiger partial charge on any atom is -0.481 e. The normalized spacial score (nSPS) is 22.8. The monoisotopic (exact) mass is 502 g/mol. The number of pyridine rings is 1. The summed E-state index contributed by atoms with van der Waals surface area (Å²) in [5.74, 6) is -0.990. The molecule has 0 spiro atoms. The van der Waals surface area contributed by atoms with Gasteiger partial charge in [-0.1, -0.05) is 29.8 Å². The van der Waals surface area contributed by atoms with Crippen molar-refractivity contribution < 1.29 is 19.4 Å². The molecule has 4 rings (SSSR count). The molecule has 7 nitrogen and oxygen atoms in total. The lowest BCUT2D eigenvalue weighted by molar-refractivity contribution is -0.160. The molecule has 0 bridgehead atoms. The summed E-state index contributed by atoms with van der Waals surface area (Å²) < 4.78 is 14.7. The molecule has 11 heteroatoms. The molecule has 3 N–H and O–H groups in total. The van der Waals surface area contributed by atoms with Crippen LogP contribution in [0.4, 0.5) is 15.3 Å². The molecule has 1 aliphatic heterocycles. The number of hydrogen-bond acceptors (Lipinski definition) is 7. The Morgan fingerprint density at radius 1 is 1.41 bits per heavy atom. The van der Waals surface area contributed by atoms with E-state index in [0.29, 0.717) is 16.6 Å². The zero-order chi connectivity index (χ0) is 24.5. The number of carboxylic acids is 1. The van der Waals surface area contributed by atoms with Crippen molar-refractivity contribution in [2.24, 2.45) is 5.41 Å². The summed E-state index contributed by atoms with van der Waals surface area (Å²) >= 11 is 7.38. The first-order valence-electron chi connectivity index (χ1n) is 10.9. The number of rotatable bonds is 7. The molecule has 0 saturated carbocycles. The molecule has 178 valence electrons. The number of aliphatic hydroxyl groups is 1. The summed E-state index contributed by atoms with van der Waals surface area (Å²) in [7, 11) is 1.52. The third-order valence-corrected chi connectivity index (χ3v) is 7.50. The quantitative estimate of drug-likeness (QED) is 0.425. The average molecular weight is 503 g/mol. The molecule has 1 saturated heterocycles. The fourth-order valence-corrected chi connectivity index (χ4v) is 5.53. The van der Waals surface area contributed by atoms with Crippen LogP contribution in [0.15, 0.2) is 48.0 Å². The van der Waals surface area contributed by atoms with Crippen LogP contribution in [0, 0.1) is 11.2 Å². The minimum absolute atomic E-state index is 0.0669. The highest BCUT2D eigenvalue weighted by atomic mass is 35.5. The average Bonchev–Trinajstić information content (AvgIpc) is 3.28. The maximum atomic E-state index is 14.7. The van der Waals surface area contributed by atoms with Gasteiger partial charge in [0, 0.05) is 41.8 Å². The van der Waals surface area contributed by atoms with Crippen molar-refractivity contribution in [3.05, 3.63) is 70.1 Å². The summed E-state index contributed by atoms with van der Waals surface area (Å²) in [5.41, 5.74) is -1.99. The van der Waals surface area contributed by atoms with Gasteiger partial charge in [0.2, 0.25) is 0 Å². The van der Waals surface area contributed by atoms with E-state index in [-0.39, 0.29) is 42.4 Å². The Balaban J connectivity index is 1.55. The van der Waals surface area contributed by atoms with E-state index in [1.54, 1.807) is 23.2 Å². The molecule has 3 atom stereocenters. The number of aromatic nitrogens is 2. The third-order valence-electron chi connectivity index (χ3n) is 6.52. The van der Waals surface area contributed by atoms with Gasteiger partial charge in [0.15, 0.2) is 13.0 Å². The highest BCUT2D eigenvalue weighted by Gasteiger charge is 2.49. The smallest absolute Gasteiger partial charge is 0.310 e. The molecule has 0 radical (unpaired) electrons. The number of thiazole rings is 1. The second-order valence-corrected chi connectivity index (χ2v) is 10.2. The van der Waals surface area contributed by atoms with E-state index in [4.69, 9.17) is 11.6 Å². The predicted molar refractivity (Wildman–Crippen MR) is 133 cm³/mol. The zero-order valence-corrected chi connectivity index (χ0v) is 20.4. The molecular weight excluding hydrogens is 478 g/mol. The topological polar surface area (TPSA) is 98.6 Å². The van der Waals surface area contributed by atoms with E-state index in [9.17, 15) is 19.4 Å². The number of anilines is 2. The Hall–Kier alpha value is -2.53. The lowest BCUT2D eigenvalue weighted by Crippen LogP contribution is -2.58. The Kier molecular flexibility index (Phi) is 6.96. The van der Waals surface area contributed by atoms with E-state index >= 15 is 0 Å². The maximum Gasteiger partial charge on any atom is 0.310 e. The van der Waals surface area contributed by atoms with Gasteiger partial charge < -0.3 is 15.5 Å². The number of aliphatic carboxylic acids is 1. The van der Waals surface area contributed by atoms with Crippen LogP contribution < -0.4 is 5.32 Å². The number of benzene rings is 1. The van der Waals surface area contributed by atoms with E-state index < -0.39 is 22.8 Å². The second kappa shape index (κ2) is 9.61. The van der Waals surface area contributed by atoms with Gasteiger partial charge >= 0.3 is 5.97 Å². The van der Waals surface area contributed by atoms with Crippen molar-refractivity contribution in [3.63, 3.8) is 0 Å². The summed E-state index contributed by atoms with van der Waals surface area (Å²) in [6.45, 7) is 2.12. The molecule has 3 heterocycles. The Morgan fingerprint density at radius 3 is 2.85 bits per heavy atom. The number of carbonyl (C=O) groups is 1. The van der Waals surface area contributed by atoms with Gasteiger partial charge in [-0.3, -0.25) is 9.69 Å². The van der Waals surface area contributed by atoms with Gasteiger partial charge in [0.1, 0.15) is 17.3 Å². The summed E-state index contributed by atoms with van der Waals surface area (Å²) in [4.78, 5) is 23.0. The predicted octanol–water partition coefficient (Wildman–Crippen LogP) is 3.61. The largest absolute Gasteiger partial charge is 0.481 e. The second-order valence-electron chi connectivity index (χ2n) is 8.86. The molecule has 2 aromatic heterocycles. The molecule has 3 unspecified atom stereocenters. The van der Waals surface area contributed by atoms with Crippen LogP contribution >= 0.6 is 22.9 Å². The van der Waals surface area contributed by atoms with Crippen LogP contribution in [0.5, 0.6) is 0 Å². The van der Waals surface area contributed by atoms with Gasteiger partial charge in [0.05, 0.1) is 10.4 Å². The molecule has 3 aromatic rings. The van der Waals surface area contributed by atoms with E-state index in [0.717, 1.165) is 0 Å². The molecule has 0 aliphatic carbocycles. The molecule has 1 fully saturated rings. The first-order valence-corrected chi connectivity index (χ1v) is 12.2. The SMILES string of the molecule is BC(O)(c1cccc(Cl)c1F)N1CCC(Cc2cccc(Nc3nccs3)n2)(C(=O)O)CC1C. The Labute approximate surface area is 207 Å². The lowest BCUT2D eigenvalue weighted by Gasteiger charge is -2.49. The van der Waals surface area contributed by atoms with Crippen LogP contribution in [-0.4, -0.2) is 51.5 Å². The van der Waals surface area contributed by atoms with Gasteiger partial charge in [0.25, 0.3) is 0 Å². The zero-order valence-electron chi connectivity index (χ0n) is 18.8. The molecule has 0 amide bonds.